The molecule has 0 saturated heterocycles. The maximum atomic E-state index is 4.80. The van der Waals surface area contributed by atoms with E-state index >= 15 is 0 Å². The van der Waals surface area contributed by atoms with Gasteiger partial charge in [0.25, 0.3) is 0 Å². The SMILES string of the molecule is CCNCc1sc(-c2cscn2)nc1-c1ccccc1. The predicted molar refractivity (Wildman–Crippen MR) is 86.0 cm³/mol. The van der Waals surface area contributed by atoms with Crippen molar-refractivity contribution in [2.75, 3.05) is 6.54 Å². The second-order valence-electron chi connectivity index (χ2n) is 4.31. The summed E-state index contributed by atoms with van der Waals surface area (Å²) in [4.78, 5) is 10.4. The smallest absolute Gasteiger partial charge is 0.143 e. The molecule has 3 rings (SSSR count). The summed E-state index contributed by atoms with van der Waals surface area (Å²) >= 11 is 3.33. The number of rotatable bonds is 5. The standard InChI is InChI=1S/C15H15N3S2/c1-2-16-8-13-14(11-6-4-3-5-7-11)18-15(20-13)12-9-19-10-17-12/h3-7,9-10,16H,2,8H2,1H3. The Morgan fingerprint density at radius 3 is 2.75 bits per heavy atom. The summed E-state index contributed by atoms with van der Waals surface area (Å²) in [5.41, 5.74) is 5.06. The summed E-state index contributed by atoms with van der Waals surface area (Å²) in [5.74, 6) is 0. The van der Waals surface area contributed by atoms with Crippen LogP contribution in [0.4, 0.5) is 0 Å². The highest BCUT2D eigenvalue weighted by molar-refractivity contribution is 7.16. The molecule has 0 aliphatic carbocycles. The first-order valence-corrected chi connectivity index (χ1v) is 8.29. The normalized spacial score (nSPS) is 10.8. The van der Waals surface area contributed by atoms with Crippen molar-refractivity contribution in [2.24, 2.45) is 0 Å². The number of aromatic nitrogens is 2. The van der Waals surface area contributed by atoms with E-state index in [9.17, 15) is 0 Å². The van der Waals surface area contributed by atoms with Gasteiger partial charge in [-0.3, -0.25) is 0 Å². The first-order valence-electron chi connectivity index (χ1n) is 6.53. The highest BCUT2D eigenvalue weighted by Crippen LogP contribution is 2.33. The Morgan fingerprint density at radius 2 is 2.05 bits per heavy atom. The van der Waals surface area contributed by atoms with Gasteiger partial charge in [-0.15, -0.1) is 22.7 Å². The van der Waals surface area contributed by atoms with E-state index in [1.807, 2.05) is 29.1 Å². The minimum Gasteiger partial charge on any atom is -0.312 e. The van der Waals surface area contributed by atoms with Crippen molar-refractivity contribution < 1.29 is 0 Å². The van der Waals surface area contributed by atoms with Gasteiger partial charge in [0.1, 0.15) is 10.7 Å². The fourth-order valence-electron chi connectivity index (χ4n) is 1.96. The average Bonchev–Trinajstić information content (AvgIpc) is 3.15. The van der Waals surface area contributed by atoms with Crippen molar-refractivity contribution >= 4 is 22.7 Å². The van der Waals surface area contributed by atoms with Crippen LogP contribution in [0.25, 0.3) is 22.0 Å². The second-order valence-corrected chi connectivity index (χ2v) is 6.11. The molecule has 1 N–H and O–H groups in total. The largest absolute Gasteiger partial charge is 0.312 e. The van der Waals surface area contributed by atoms with Crippen LogP contribution < -0.4 is 5.32 Å². The van der Waals surface area contributed by atoms with Crippen LogP contribution >= 0.6 is 22.7 Å². The highest BCUT2D eigenvalue weighted by atomic mass is 32.1. The summed E-state index contributed by atoms with van der Waals surface area (Å²) in [7, 11) is 0. The minimum absolute atomic E-state index is 0.850. The topological polar surface area (TPSA) is 37.8 Å². The highest BCUT2D eigenvalue weighted by Gasteiger charge is 2.14. The van der Waals surface area contributed by atoms with Crippen molar-refractivity contribution in [3.05, 3.63) is 46.1 Å². The first kappa shape index (κ1) is 13.4. The Labute approximate surface area is 126 Å². The lowest BCUT2D eigenvalue weighted by Gasteiger charge is -2.02. The van der Waals surface area contributed by atoms with Crippen LogP contribution in [0.3, 0.4) is 0 Å². The van der Waals surface area contributed by atoms with Gasteiger partial charge in [0, 0.05) is 22.4 Å². The Bertz CT molecular complexity index is 660. The lowest BCUT2D eigenvalue weighted by atomic mass is 10.1. The van der Waals surface area contributed by atoms with E-state index in [-0.39, 0.29) is 0 Å². The third kappa shape index (κ3) is 2.80. The van der Waals surface area contributed by atoms with Gasteiger partial charge in [-0.1, -0.05) is 37.3 Å². The molecule has 102 valence electrons. The maximum absolute atomic E-state index is 4.80. The monoisotopic (exact) mass is 301 g/mol. The molecular weight excluding hydrogens is 286 g/mol. The van der Waals surface area contributed by atoms with E-state index in [4.69, 9.17) is 4.98 Å². The average molecular weight is 301 g/mol. The van der Waals surface area contributed by atoms with Crippen LogP contribution in [0, 0.1) is 0 Å². The summed E-state index contributed by atoms with van der Waals surface area (Å²) in [6, 6.07) is 10.3. The Balaban J connectivity index is 2.02. The fourth-order valence-corrected chi connectivity index (χ4v) is 3.59. The molecule has 0 aliphatic heterocycles. The van der Waals surface area contributed by atoms with E-state index in [1.165, 1.54) is 4.88 Å². The van der Waals surface area contributed by atoms with Crippen LogP contribution in [-0.4, -0.2) is 16.5 Å². The summed E-state index contributed by atoms with van der Waals surface area (Å²) in [6.07, 6.45) is 0. The number of nitrogens with one attached hydrogen (secondary N) is 1. The van der Waals surface area contributed by atoms with Gasteiger partial charge in [-0.2, -0.15) is 0 Å². The molecule has 0 atom stereocenters. The maximum Gasteiger partial charge on any atom is 0.143 e. The lowest BCUT2D eigenvalue weighted by molar-refractivity contribution is 0.735. The van der Waals surface area contributed by atoms with Crippen LogP contribution in [0.15, 0.2) is 41.2 Å². The van der Waals surface area contributed by atoms with E-state index in [0.717, 1.165) is 35.0 Å². The molecule has 3 aromatic rings. The van der Waals surface area contributed by atoms with E-state index in [0.29, 0.717) is 0 Å². The third-order valence-corrected chi connectivity index (χ3v) is 4.60. The number of benzene rings is 1. The number of hydrogen-bond donors (Lipinski definition) is 1. The van der Waals surface area contributed by atoms with Gasteiger partial charge < -0.3 is 5.32 Å². The molecule has 2 heterocycles. The fraction of sp³-hybridized carbons (Fsp3) is 0.200. The second kappa shape index (κ2) is 6.26. The lowest BCUT2D eigenvalue weighted by Crippen LogP contribution is -2.11. The Morgan fingerprint density at radius 1 is 1.20 bits per heavy atom. The van der Waals surface area contributed by atoms with Gasteiger partial charge in [0.2, 0.25) is 0 Å². The zero-order chi connectivity index (χ0) is 13.8. The Kier molecular flexibility index (Phi) is 4.20. The molecule has 0 fully saturated rings. The van der Waals surface area contributed by atoms with Gasteiger partial charge in [0.15, 0.2) is 0 Å². The predicted octanol–water partition coefficient (Wildman–Crippen LogP) is 4.04. The first-order chi connectivity index (χ1) is 9.88. The van der Waals surface area contributed by atoms with Crippen LogP contribution in [-0.2, 0) is 6.54 Å². The molecule has 0 radical (unpaired) electrons. The number of thiazole rings is 2. The van der Waals surface area contributed by atoms with Crippen molar-refractivity contribution in [3.63, 3.8) is 0 Å². The summed E-state index contributed by atoms with van der Waals surface area (Å²) in [5, 5.41) is 6.43. The molecule has 3 nitrogen and oxygen atoms in total. The third-order valence-electron chi connectivity index (χ3n) is 2.93. The van der Waals surface area contributed by atoms with Crippen LogP contribution in [0.2, 0.25) is 0 Å². The van der Waals surface area contributed by atoms with Gasteiger partial charge in [-0.05, 0) is 6.54 Å². The zero-order valence-corrected chi connectivity index (χ0v) is 12.8. The molecular formula is C15H15N3S2. The van der Waals surface area contributed by atoms with E-state index in [1.54, 1.807) is 22.7 Å². The molecule has 2 aromatic heterocycles. The molecule has 0 spiro atoms. The van der Waals surface area contributed by atoms with Crippen molar-refractivity contribution in [1.29, 1.82) is 0 Å². The van der Waals surface area contributed by atoms with E-state index < -0.39 is 0 Å². The van der Waals surface area contributed by atoms with Crippen molar-refractivity contribution in [2.45, 2.75) is 13.5 Å². The minimum atomic E-state index is 0.850. The summed E-state index contributed by atoms with van der Waals surface area (Å²) < 4.78 is 0. The number of nitrogens with zero attached hydrogens (tertiary/aromatic N) is 2. The van der Waals surface area contributed by atoms with Gasteiger partial charge in [-0.25, -0.2) is 9.97 Å². The molecule has 0 aliphatic rings. The molecule has 0 amide bonds. The van der Waals surface area contributed by atoms with E-state index in [2.05, 4.69) is 29.4 Å². The molecule has 20 heavy (non-hydrogen) atoms. The summed E-state index contributed by atoms with van der Waals surface area (Å²) in [6.45, 7) is 3.92. The quantitative estimate of drug-likeness (QED) is 0.773. The molecule has 0 saturated carbocycles. The van der Waals surface area contributed by atoms with Crippen molar-refractivity contribution in [3.8, 4) is 22.0 Å². The van der Waals surface area contributed by atoms with Gasteiger partial charge >= 0.3 is 0 Å². The Hall–Kier alpha value is -1.56. The molecule has 5 heteroatoms. The molecule has 0 unspecified atom stereocenters. The molecule has 0 bridgehead atoms. The zero-order valence-electron chi connectivity index (χ0n) is 11.2. The van der Waals surface area contributed by atoms with Crippen LogP contribution in [0.1, 0.15) is 11.8 Å². The van der Waals surface area contributed by atoms with Crippen LogP contribution in [0.5, 0.6) is 0 Å². The molecule has 1 aromatic carbocycles. The number of hydrogen-bond acceptors (Lipinski definition) is 5. The van der Waals surface area contributed by atoms with Crippen molar-refractivity contribution in [1.82, 2.24) is 15.3 Å². The van der Waals surface area contributed by atoms with Gasteiger partial charge in [0.05, 0.1) is 11.2 Å².